The maximum atomic E-state index is 11.3. The molecule has 2 N–H and O–H groups in total. The molecule has 1 aromatic rings. The fourth-order valence-electron chi connectivity index (χ4n) is 3.01. The molecule has 0 aromatic carbocycles. The molecule has 6 heteroatoms. The lowest BCUT2D eigenvalue weighted by molar-refractivity contribution is 0.0593. The fourth-order valence-corrected chi connectivity index (χ4v) is 3.01. The van der Waals surface area contributed by atoms with Gasteiger partial charge < -0.3 is 15.4 Å². The Morgan fingerprint density at radius 2 is 2.05 bits per heavy atom. The first-order valence-corrected chi connectivity index (χ1v) is 6.69. The van der Waals surface area contributed by atoms with Crippen molar-refractivity contribution in [2.24, 2.45) is 0 Å². The molecule has 2 aliphatic heterocycles. The van der Waals surface area contributed by atoms with Crippen molar-refractivity contribution in [3.63, 3.8) is 0 Å². The number of carbonyl (C=O) groups excluding carboxylic acids is 1. The summed E-state index contributed by atoms with van der Waals surface area (Å²) in [7, 11) is 1.33. The first-order chi connectivity index (χ1) is 9.24. The summed E-state index contributed by atoms with van der Waals surface area (Å²) in [5, 5.41) is 14.9. The molecule has 2 unspecified atom stereocenters. The number of carbonyl (C=O) groups is 1. The van der Waals surface area contributed by atoms with Gasteiger partial charge in [-0.3, -0.25) is 0 Å². The van der Waals surface area contributed by atoms with Crippen molar-refractivity contribution in [2.45, 2.75) is 43.8 Å². The van der Waals surface area contributed by atoms with Crippen LogP contribution in [-0.2, 0) is 4.74 Å². The highest BCUT2D eigenvalue weighted by atomic mass is 16.5. The van der Waals surface area contributed by atoms with Crippen LogP contribution in [-0.4, -0.2) is 41.4 Å². The van der Waals surface area contributed by atoms with E-state index in [1.807, 2.05) is 0 Å². The molecule has 0 spiro atoms. The van der Waals surface area contributed by atoms with Crippen LogP contribution < -0.4 is 10.6 Å². The Kier molecular flexibility index (Phi) is 3.33. The smallest absolute Gasteiger partial charge is 0.358 e. The normalized spacial score (nSPS) is 29.0. The second-order valence-corrected chi connectivity index (χ2v) is 5.25. The first kappa shape index (κ1) is 12.3. The average molecular weight is 262 g/mol. The molecule has 6 nitrogen and oxygen atoms in total. The fraction of sp³-hybridized carbons (Fsp3) is 0.615. The summed E-state index contributed by atoms with van der Waals surface area (Å²) in [4.78, 5) is 11.3. The van der Waals surface area contributed by atoms with E-state index in [9.17, 15) is 4.79 Å². The molecule has 0 aliphatic carbocycles. The zero-order valence-corrected chi connectivity index (χ0v) is 10.9. The Balaban J connectivity index is 1.62. The van der Waals surface area contributed by atoms with Crippen molar-refractivity contribution < 1.29 is 9.53 Å². The highest BCUT2D eigenvalue weighted by molar-refractivity contribution is 5.86. The summed E-state index contributed by atoms with van der Waals surface area (Å²) in [6, 6.07) is 5.13. The number of aromatic nitrogens is 2. The number of methoxy groups -OCH3 is 1. The Morgan fingerprint density at radius 3 is 2.63 bits per heavy atom. The topological polar surface area (TPSA) is 76.1 Å². The number of fused-ring (bicyclic) bond motifs is 2. The Morgan fingerprint density at radius 1 is 1.32 bits per heavy atom. The lowest BCUT2D eigenvalue weighted by Crippen LogP contribution is -2.43. The Bertz CT molecular complexity index is 450. The van der Waals surface area contributed by atoms with Crippen LogP contribution in [0, 0.1) is 0 Å². The summed E-state index contributed by atoms with van der Waals surface area (Å²) in [6.45, 7) is 0. The van der Waals surface area contributed by atoms with E-state index in [1.54, 1.807) is 12.1 Å². The minimum atomic E-state index is -0.459. The Labute approximate surface area is 111 Å². The van der Waals surface area contributed by atoms with Crippen molar-refractivity contribution in [3.8, 4) is 0 Å². The number of anilines is 1. The number of nitrogens with zero attached hydrogens (tertiary/aromatic N) is 2. The molecule has 102 valence electrons. The van der Waals surface area contributed by atoms with Crippen molar-refractivity contribution in [3.05, 3.63) is 17.8 Å². The number of nitrogens with one attached hydrogen (secondary N) is 2. The molecule has 3 heterocycles. The van der Waals surface area contributed by atoms with Crippen molar-refractivity contribution >= 4 is 11.8 Å². The lowest BCUT2D eigenvalue weighted by Gasteiger charge is -2.29. The van der Waals surface area contributed by atoms with Gasteiger partial charge in [0.15, 0.2) is 5.69 Å². The molecule has 0 amide bonds. The lowest BCUT2D eigenvalue weighted by atomic mass is 10.00. The van der Waals surface area contributed by atoms with Gasteiger partial charge in [0.2, 0.25) is 0 Å². The van der Waals surface area contributed by atoms with E-state index in [1.165, 1.54) is 20.0 Å². The van der Waals surface area contributed by atoms with Gasteiger partial charge >= 0.3 is 5.97 Å². The number of esters is 1. The van der Waals surface area contributed by atoms with Crippen LogP contribution in [0.1, 0.15) is 36.2 Å². The molecular weight excluding hydrogens is 244 g/mol. The molecule has 2 bridgehead atoms. The summed E-state index contributed by atoms with van der Waals surface area (Å²) >= 11 is 0. The first-order valence-electron chi connectivity index (χ1n) is 6.69. The number of hydrogen-bond donors (Lipinski definition) is 2. The van der Waals surface area contributed by atoms with Gasteiger partial charge in [0.1, 0.15) is 5.82 Å². The SMILES string of the molecule is COC(=O)c1ccc(NC2CC3CCC(C2)N3)nn1. The molecular formula is C13H18N4O2. The standard InChI is InChI=1S/C13H18N4O2/c1-19-13(18)11-4-5-12(17-16-11)15-10-6-8-2-3-9(7-10)14-8/h4-5,8-10,14H,2-3,6-7H2,1H3,(H,15,17). The summed E-state index contributed by atoms with van der Waals surface area (Å²) in [5.41, 5.74) is 0.235. The number of rotatable bonds is 3. The van der Waals surface area contributed by atoms with Crippen LogP contribution in [0.5, 0.6) is 0 Å². The van der Waals surface area contributed by atoms with E-state index in [0.29, 0.717) is 18.1 Å². The van der Waals surface area contributed by atoms with Gasteiger partial charge in [-0.2, -0.15) is 0 Å². The van der Waals surface area contributed by atoms with Gasteiger partial charge in [-0.1, -0.05) is 0 Å². The summed E-state index contributed by atoms with van der Waals surface area (Å²) in [6.07, 6.45) is 4.79. The predicted molar refractivity (Wildman–Crippen MR) is 70.0 cm³/mol. The molecule has 2 saturated heterocycles. The van der Waals surface area contributed by atoms with Crippen LogP contribution in [0.15, 0.2) is 12.1 Å². The maximum Gasteiger partial charge on any atom is 0.358 e. The predicted octanol–water partition coefficient (Wildman–Crippen LogP) is 0.958. The van der Waals surface area contributed by atoms with E-state index in [0.717, 1.165) is 18.7 Å². The zero-order chi connectivity index (χ0) is 13.2. The van der Waals surface area contributed by atoms with E-state index >= 15 is 0 Å². The largest absolute Gasteiger partial charge is 0.464 e. The van der Waals surface area contributed by atoms with Crippen molar-refractivity contribution in [1.82, 2.24) is 15.5 Å². The van der Waals surface area contributed by atoms with Crippen LogP contribution in [0.4, 0.5) is 5.82 Å². The van der Waals surface area contributed by atoms with Gasteiger partial charge in [0.25, 0.3) is 0 Å². The van der Waals surface area contributed by atoms with E-state index in [-0.39, 0.29) is 5.69 Å². The third-order valence-corrected chi connectivity index (χ3v) is 3.88. The minimum absolute atomic E-state index is 0.235. The molecule has 2 fully saturated rings. The zero-order valence-electron chi connectivity index (χ0n) is 10.9. The van der Waals surface area contributed by atoms with E-state index in [2.05, 4.69) is 25.6 Å². The quantitative estimate of drug-likeness (QED) is 0.790. The van der Waals surface area contributed by atoms with Gasteiger partial charge in [0.05, 0.1) is 7.11 Å². The van der Waals surface area contributed by atoms with E-state index < -0.39 is 5.97 Å². The molecule has 19 heavy (non-hydrogen) atoms. The second kappa shape index (κ2) is 5.13. The maximum absolute atomic E-state index is 11.3. The Hall–Kier alpha value is -1.69. The molecule has 1 aromatic heterocycles. The van der Waals surface area contributed by atoms with Crippen LogP contribution in [0.25, 0.3) is 0 Å². The summed E-state index contributed by atoms with van der Waals surface area (Å²) < 4.78 is 4.59. The monoisotopic (exact) mass is 262 g/mol. The molecule has 2 atom stereocenters. The molecule has 2 aliphatic rings. The number of ether oxygens (including phenoxy) is 1. The van der Waals surface area contributed by atoms with Crippen LogP contribution >= 0.6 is 0 Å². The number of piperidine rings is 1. The highest BCUT2D eigenvalue weighted by Crippen LogP contribution is 2.28. The van der Waals surface area contributed by atoms with E-state index in [4.69, 9.17) is 0 Å². The highest BCUT2D eigenvalue weighted by Gasteiger charge is 2.33. The van der Waals surface area contributed by atoms with Gasteiger partial charge in [-0.05, 0) is 37.8 Å². The summed E-state index contributed by atoms with van der Waals surface area (Å²) in [5.74, 6) is 0.262. The van der Waals surface area contributed by atoms with Crippen molar-refractivity contribution in [1.29, 1.82) is 0 Å². The van der Waals surface area contributed by atoms with Crippen LogP contribution in [0.2, 0.25) is 0 Å². The average Bonchev–Trinajstić information content (AvgIpc) is 2.78. The molecule has 0 saturated carbocycles. The second-order valence-electron chi connectivity index (χ2n) is 5.25. The van der Waals surface area contributed by atoms with Gasteiger partial charge in [-0.15, -0.1) is 10.2 Å². The number of hydrogen-bond acceptors (Lipinski definition) is 6. The van der Waals surface area contributed by atoms with Gasteiger partial charge in [0, 0.05) is 18.1 Å². The third-order valence-electron chi connectivity index (χ3n) is 3.88. The molecule has 0 radical (unpaired) electrons. The van der Waals surface area contributed by atoms with Crippen molar-refractivity contribution in [2.75, 3.05) is 12.4 Å². The minimum Gasteiger partial charge on any atom is -0.464 e. The molecule has 3 rings (SSSR count). The van der Waals surface area contributed by atoms with Crippen LogP contribution in [0.3, 0.4) is 0 Å². The third kappa shape index (κ3) is 2.68. The van der Waals surface area contributed by atoms with Gasteiger partial charge in [-0.25, -0.2) is 4.79 Å².